The summed E-state index contributed by atoms with van der Waals surface area (Å²) in [4.78, 5) is 25.1. The van der Waals surface area contributed by atoms with Gasteiger partial charge < -0.3 is 27.9 Å². The summed E-state index contributed by atoms with van der Waals surface area (Å²) in [6.45, 7) is 5.31. The zero-order valence-electron chi connectivity index (χ0n) is 40.4. The molecule has 61 heavy (non-hydrogen) atoms. The van der Waals surface area contributed by atoms with E-state index in [2.05, 4.69) is 74.6 Å². The predicted molar refractivity (Wildman–Crippen MR) is 259 cm³/mol. The van der Waals surface area contributed by atoms with Gasteiger partial charge in [0.1, 0.15) is 19.3 Å². The van der Waals surface area contributed by atoms with Crippen LogP contribution in [0, 0.1) is 0 Å². The second-order valence-electron chi connectivity index (χ2n) is 17.8. The number of esters is 1. The fourth-order valence-corrected chi connectivity index (χ4v) is 7.48. The highest BCUT2D eigenvalue weighted by molar-refractivity contribution is 7.45. The van der Waals surface area contributed by atoms with Gasteiger partial charge in [-0.2, -0.15) is 0 Å². The molecule has 0 aliphatic carbocycles. The molecule has 0 aliphatic heterocycles. The maximum absolute atomic E-state index is 12.7. The number of nitrogens with zero attached hydrogens (tertiary/aromatic N) is 1. The van der Waals surface area contributed by atoms with E-state index in [0.717, 1.165) is 70.6 Å². The second kappa shape index (κ2) is 44.8. The minimum absolute atomic E-state index is 0.0240. The van der Waals surface area contributed by atoms with Gasteiger partial charge in [0.25, 0.3) is 7.82 Å². The lowest BCUT2D eigenvalue weighted by Crippen LogP contribution is -2.37. The van der Waals surface area contributed by atoms with Crippen LogP contribution in [0.2, 0.25) is 0 Å². The summed E-state index contributed by atoms with van der Waals surface area (Å²) >= 11 is 0. The number of hydrogen-bond donors (Lipinski definition) is 0. The molecule has 2 atom stereocenters. The van der Waals surface area contributed by atoms with E-state index in [4.69, 9.17) is 18.5 Å². The number of likely N-dealkylation sites (N-methyl/N-ethyl adjacent to an activating group) is 1. The molecule has 9 heteroatoms. The van der Waals surface area contributed by atoms with Gasteiger partial charge in [-0.05, 0) is 57.8 Å². The van der Waals surface area contributed by atoms with Gasteiger partial charge in [0, 0.05) is 13.0 Å². The summed E-state index contributed by atoms with van der Waals surface area (Å²) in [6, 6.07) is 0. The van der Waals surface area contributed by atoms with Gasteiger partial charge in [-0.1, -0.05) is 203 Å². The van der Waals surface area contributed by atoms with Crippen LogP contribution in [0.3, 0.4) is 0 Å². The minimum Gasteiger partial charge on any atom is -0.756 e. The number of ether oxygens (including phenoxy) is 2. The Hall–Kier alpha value is -1.80. The molecule has 0 heterocycles. The molecule has 0 aliphatic rings. The van der Waals surface area contributed by atoms with E-state index in [1.54, 1.807) is 0 Å². The van der Waals surface area contributed by atoms with Crippen molar-refractivity contribution >= 4 is 13.8 Å². The Morgan fingerprint density at radius 3 is 1.43 bits per heavy atom. The van der Waals surface area contributed by atoms with Crippen LogP contribution in [-0.4, -0.2) is 70.7 Å². The Morgan fingerprint density at radius 1 is 0.525 bits per heavy atom. The summed E-state index contributed by atoms with van der Waals surface area (Å²) in [5, 5.41) is 0. The van der Waals surface area contributed by atoms with Crippen molar-refractivity contribution < 1.29 is 37.3 Å². The molecule has 0 N–H and O–H groups in total. The number of phosphoric ester groups is 1. The van der Waals surface area contributed by atoms with Crippen LogP contribution in [0.15, 0.2) is 60.8 Å². The lowest BCUT2D eigenvalue weighted by Gasteiger charge is -2.28. The van der Waals surface area contributed by atoms with Crippen LogP contribution in [0.4, 0.5) is 0 Å². The Kier molecular flexibility index (Phi) is 43.5. The van der Waals surface area contributed by atoms with Crippen molar-refractivity contribution in [2.75, 3.05) is 54.1 Å². The van der Waals surface area contributed by atoms with Crippen LogP contribution >= 0.6 is 7.82 Å². The minimum atomic E-state index is -4.53. The van der Waals surface area contributed by atoms with Crippen molar-refractivity contribution in [3.05, 3.63) is 60.8 Å². The maximum Gasteiger partial charge on any atom is 0.306 e. The van der Waals surface area contributed by atoms with E-state index in [-0.39, 0.29) is 25.8 Å². The average molecular weight is 878 g/mol. The highest BCUT2D eigenvalue weighted by Crippen LogP contribution is 2.38. The molecule has 0 amide bonds. The number of rotatable bonds is 46. The molecule has 0 radical (unpaired) electrons. The molecule has 0 aromatic heterocycles. The first-order valence-electron chi connectivity index (χ1n) is 25.0. The molecule has 0 aromatic rings. The molecule has 0 fully saturated rings. The van der Waals surface area contributed by atoms with Crippen LogP contribution in [0.25, 0.3) is 0 Å². The third kappa shape index (κ3) is 49.1. The first kappa shape index (κ1) is 59.2. The summed E-state index contributed by atoms with van der Waals surface area (Å²) in [6.07, 6.45) is 56.6. The smallest absolute Gasteiger partial charge is 0.306 e. The molecule has 0 saturated carbocycles. The fourth-order valence-electron chi connectivity index (χ4n) is 6.75. The van der Waals surface area contributed by atoms with Crippen LogP contribution in [0.1, 0.15) is 206 Å². The molecule has 356 valence electrons. The number of carbonyl (C=O) groups is 1. The van der Waals surface area contributed by atoms with Crippen molar-refractivity contribution in [1.29, 1.82) is 0 Å². The highest BCUT2D eigenvalue weighted by atomic mass is 31.2. The maximum atomic E-state index is 12.7. The predicted octanol–water partition coefficient (Wildman–Crippen LogP) is 14.6. The Bertz CT molecular complexity index is 1160. The molecular weight excluding hydrogens is 782 g/mol. The summed E-state index contributed by atoms with van der Waals surface area (Å²) in [5.74, 6) is -0.340. The lowest BCUT2D eigenvalue weighted by molar-refractivity contribution is -0.870. The molecule has 0 aromatic carbocycles. The standard InChI is InChI=1S/C52H96NO7P/c1-6-8-10-12-14-16-18-20-22-23-24-25-26-27-28-29-30-31-32-33-35-37-39-41-43-45-52(54)60-51(50-59-61(55,56)58-48-46-53(3,4)5)49-57-47-44-42-40-38-36-34-21-19-17-15-13-11-9-7-2/h8,10,14,16,20,22,24-25,27-28,51H,6-7,9,11-13,15,17-19,21,23,26,29-50H2,1-5H3/b10-8-,16-14-,22-20-,25-24-,28-27-. The van der Waals surface area contributed by atoms with E-state index in [1.165, 1.54) is 116 Å². The third-order valence-corrected chi connectivity index (χ3v) is 11.5. The van der Waals surface area contributed by atoms with Gasteiger partial charge in [0.05, 0.1) is 34.4 Å². The van der Waals surface area contributed by atoms with Crippen molar-refractivity contribution in [2.24, 2.45) is 0 Å². The van der Waals surface area contributed by atoms with E-state index < -0.39 is 13.9 Å². The number of hydrogen-bond acceptors (Lipinski definition) is 7. The van der Waals surface area contributed by atoms with Crippen molar-refractivity contribution in [1.82, 2.24) is 0 Å². The number of carbonyl (C=O) groups excluding carboxylic acids is 1. The van der Waals surface area contributed by atoms with E-state index in [0.29, 0.717) is 24.1 Å². The summed E-state index contributed by atoms with van der Waals surface area (Å²) in [7, 11) is 1.35. The van der Waals surface area contributed by atoms with Gasteiger partial charge in [0.15, 0.2) is 0 Å². The first-order chi connectivity index (χ1) is 29.6. The van der Waals surface area contributed by atoms with E-state index in [9.17, 15) is 14.3 Å². The zero-order chi connectivity index (χ0) is 44.8. The lowest BCUT2D eigenvalue weighted by atomic mass is 10.0. The van der Waals surface area contributed by atoms with Crippen molar-refractivity contribution in [3.8, 4) is 0 Å². The first-order valence-corrected chi connectivity index (χ1v) is 26.5. The van der Waals surface area contributed by atoms with Gasteiger partial charge in [0.2, 0.25) is 0 Å². The molecule has 0 bridgehead atoms. The monoisotopic (exact) mass is 878 g/mol. The number of allylic oxidation sites excluding steroid dienone is 10. The van der Waals surface area contributed by atoms with Crippen LogP contribution in [0.5, 0.6) is 0 Å². The van der Waals surface area contributed by atoms with Crippen LogP contribution < -0.4 is 4.89 Å². The van der Waals surface area contributed by atoms with Crippen molar-refractivity contribution in [3.63, 3.8) is 0 Å². The second-order valence-corrected chi connectivity index (χ2v) is 19.2. The summed E-state index contributed by atoms with van der Waals surface area (Å²) < 4.78 is 34.7. The normalized spacial score (nSPS) is 14.1. The number of unbranched alkanes of at least 4 members (excludes halogenated alkanes) is 22. The molecular formula is C52H96NO7P. The molecule has 8 nitrogen and oxygen atoms in total. The molecule has 0 saturated heterocycles. The Labute approximate surface area is 377 Å². The number of quaternary nitrogens is 1. The van der Waals surface area contributed by atoms with Gasteiger partial charge in [-0.3, -0.25) is 9.36 Å². The van der Waals surface area contributed by atoms with Gasteiger partial charge in [-0.25, -0.2) is 0 Å². The largest absolute Gasteiger partial charge is 0.756 e. The van der Waals surface area contributed by atoms with E-state index in [1.807, 2.05) is 21.1 Å². The topological polar surface area (TPSA) is 94.1 Å². The fraction of sp³-hybridized carbons (Fsp3) is 0.788. The van der Waals surface area contributed by atoms with Crippen molar-refractivity contribution in [2.45, 2.75) is 213 Å². The molecule has 0 rings (SSSR count). The van der Waals surface area contributed by atoms with E-state index >= 15 is 0 Å². The number of phosphoric acid groups is 1. The SMILES string of the molecule is CC/C=C\C/C=C\C/C=C\C/C=C\C/C=C\CCCCCCCCCCCC(=O)OC(COCCCCCCCCCCCCCCCC)COP(=O)([O-])OCC[N+](C)(C)C. The zero-order valence-corrected chi connectivity index (χ0v) is 41.2. The third-order valence-electron chi connectivity index (χ3n) is 10.6. The summed E-state index contributed by atoms with van der Waals surface area (Å²) in [5.41, 5.74) is 0. The quantitative estimate of drug-likeness (QED) is 0.0198. The Morgan fingerprint density at radius 2 is 0.951 bits per heavy atom. The molecule has 0 spiro atoms. The average Bonchev–Trinajstić information content (AvgIpc) is 3.22. The molecule has 2 unspecified atom stereocenters. The Balaban J connectivity index is 4.14. The van der Waals surface area contributed by atoms with Crippen LogP contribution in [-0.2, 0) is 27.9 Å². The van der Waals surface area contributed by atoms with Gasteiger partial charge >= 0.3 is 5.97 Å². The van der Waals surface area contributed by atoms with Gasteiger partial charge in [-0.15, -0.1) is 0 Å². The highest BCUT2D eigenvalue weighted by Gasteiger charge is 2.20.